The number of rotatable bonds is 2. The molecule has 1 aliphatic rings. The van der Waals surface area contributed by atoms with Crippen molar-refractivity contribution in [2.24, 2.45) is 11.3 Å². The molecule has 0 saturated heterocycles. The molecule has 1 saturated carbocycles. The van der Waals surface area contributed by atoms with Gasteiger partial charge in [-0.3, -0.25) is 0 Å². The molecule has 0 aromatic carbocycles. The third kappa shape index (κ3) is 3.07. The Morgan fingerprint density at radius 3 is 2.29 bits per heavy atom. The van der Waals surface area contributed by atoms with E-state index >= 15 is 0 Å². The monoisotopic (exact) mass is 216 g/mol. The van der Waals surface area contributed by atoms with E-state index in [0.717, 1.165) is 19.3 Å². The summed E-state index contributed by atoms with van der Waals surface area (Å²) in [4.78, 5) is 0. The van der Waals surface area contributed by atoms with Gasteiger partial charge in [0.15, 0.2) is 14.8 Å². The van der Waals surface area contributed by atoms with Crippen LogP contribution in [0.2, 0.25) is 13.1 Å². The van der Waals surface area contributed by atoms with Crippen LogP contribution < -0.4 is 0 Å². The summed E-state index contributed by atoms with van der Waals surface area (Å²) in [5, 5.41) is 10.2. The van der Waals surface area contributed by atoms with Gasteiger partial charge in [-0.1, -0.05) is 20.8 Å². The van der Waals surface area contributed by atoms with Gasteiger partial charge >= 0.3 is 0 Å². The highest BCUT2D eigenvalue weighted by Gasteiger charge is 2.42. The molecular weight excluding hydrogens is 192 g/mol. The Labute approximate surface area is 89.4 Å². The van der Waals surface area contributed by atoms with E-state index < -0.39 is 14.8 Å². The molecule has 0 unspecified atom stereocenters. The van der Waals surface area contributed by atoms with Gasteiger partial charge < -0.3 is 9.53 Å². The van der Waals surface area contributed by atoms with Crippen LogP contribution in [-0.2, 0) is 4.43 Å². The van der Waals surface area contributed by atoms with Crippen molar-refractivity contribution in [2.75, 3.05) is 0 Å². The fourth-order valence-electron chi connectivity index (χ4n) is 2.27. The van der Waals surface area contributed by atoms with Crippen LogP contribution in [0.25, 0.3) is 0 Å². The molecule has 0 heterocycles. The Morgan fingerprint density at radius 2 is 1.93 bits per heavy atom. The fraction of sp³-hybridized carbons (Fsp3) is 1.00. The summed E-state index contributed by atoms with van der Waals surface area (Å²) in [5.41, 5.74) is 0.298. The lowest BCUT2D eigenvalue weighted by Gasteiger charge is -2.30. The van der Waals surface area contributed by atoms with Gasteiger partial charge in [0.25, 0.3) is 0 Å². The van der Waals surface area contributed by atoms with E-state index in [1.165, 1.54) is 0 Å². The Morgan fingerprint density at radius 1 is 1.36 bits per heavy atom. The highest BCUT2D eigenvalue weighted by Crippen LogP contribution is 2.44. The van der Waals surface area contributed by atoms with E-state index in [1.807, 2.05) is 0 Å². The first-order valence-electron chi connectivity index (χ1n) is 5.63. The van der Waals surface area contributed by atoms with Crippen LogP contribution in [0.3, 0.4) is 0 Å². The topological polar surface area (TPSA) is 29.5 Å². The molecule has 0 radical (unpaired) electrons. The summed E-state index contributed by atoms with van der Waals surface area (Å²) < 4.78 is 5.72. The lowest BCUT2D eigenvalue weighted by atomic mass is 9.79. The average molecular weight is 216 g/mol. The van der Waals surface area contributed by atoms with Gasteiger partial charge in [0.1, 0.15) is 0 Å². The van der Waals surface area contributed by atoms with Crippen molar-refractivity contribution in [3.05, 3.63) is 0 Å². The van der Waals surface area contributed by atoms with Crippen LogP contribution in [0, 0.1) is 11.3 Å². The normalized spacial score (nSPS) is 34.1. The smallest absolute Gasteiger partial charge is 0.174 e. The maximum absolute atomic E-state index is 10.2. The second kappa shape index (κ2) is 3.95. The minimum Gasteiger partial charge on any atom is -0.394 e. The van der Waals surface area contributed by atoms with Crippen LogP contribution in [-0.4, -0.2) is 19.9 Å². The van der Waals surface area contributed by atoms with E-state index in [2.05, 4.69) is 33.9 Å². The van der Waals surface area contributed by atoms with Gasteiger partial charge in [0.2, 0.25) is 0 Å². The zero-order valence-corrected chi connectivity index (χ0v) is 11.3. The van der Waals surface area contributed by atoms with Crippen molar-refractivity contribution in [1.82, 2.24) is 0 Å². The minimum absolute atomic E-state index is 0.298. The molecule has 0 spiro atoms. The maximum Gasteiger partial charge on any atom is 0.174 e. The molecule has 0 aliphatic heterocycles. The molecule has 2 nitrogen and oxygen atoms in total. The van der Waals surface area contributed by atoms with Gasteiger partial charge in [-0.25, -0.2) is 0 Å². The van der Waals surface area contributed by atoms with Gasteiger partial charge in [-0.15, -0.1) is 0 Å². The third-order valence-electron chi connectivity index (χ3n) is 3.13. The summed E-state index contributed by atoms with van der Waals surface area (Å²) >= 11 is 0. The quantitative estimate of drug-likeness (QED) is 0.568. The first kappa shape index (κ1) is 12.2. The lowest BCUT2D eigenvalue weighted by Crippen LogP contribution is -2.34. The van der Waals surface area contributed by atoms with Gasteiger partial charge in [-0.05, 0) is 30.8 Å². The van der Waals surface area contributed by atoms with Crippen LogP contribution >= 0.6 is 0 Å². The third-order valence-corrected chi connectivity index (χ3v) is 4.04. The minimum atomic E-state index is -1.12. The van der Waals surface area contributed by atoms with Crippen LogP contribution in [0.15, 0.2) is 0 Å². The second-order valence-electron chi connectivity index (χ2n) is 5.92. The standard InChI is InChI=1S/C11H24O2Si/c1-10(2,3)9-6-7-11(12,8-9)13-14(4)5/h9,12,14H,6-8H2,1-5H3/t9-,11-/m0/s1. The molecule has 0 aromatic rings. The number of aliphatic hydroxyl groups is 1. The molecule has 0 bridgehead atoms. The average Bonchev–Trinajstić information content (AvgIpc) is 2.28. The Balaban J connectivity index is 2.55. The van der Waals surface area contributed by atoms with Gasteiger partial charge in [0, 0.05) is 12.8 Å². The summed E-state index contributed by atoms with van der Waals surface area (Å²) in [6.07, 6.45) is 2.74. The SMILES string of the molecule is C[SiH](C)O[C@@]1(O)CC[C@H](C(C)(C)C)C1. The first-order valence-corrected chi connectivity index (χ1v) is 8.41. The van der Waals surface area contributed by atoms with E-state index in [0.29, 0.717) is 11.3 Å². The van der Waals surface area contributed by atoms with Gasteiger partial charge in [-0.2, -0.15) is 0 Å². The highest BCUT2D eigenvalue weighted by atomic mass is 28.3. The molecule has 2 atom stereocenters. The Hall–Kier alpha value is 0.137. The fourth-order valence-corrected chi connectivity index (χ4v) is 3.37. The van der Waals surface area contributed by atoms with Crippen LogP contribution in [0.4, 0.5) is 0 Å². The predicted octanol–water partition coefficient (Wildman–Crippen LogP) is 2.52. The highest BCUT2D eigenvalue weighted by molar-refractivity contribution is 6.48. The summed E-state index contributed by atoms with van der Waals surface area (Å²) in [7, 11) is -1.12. The lowest BCUT2D eigenvalue weighted by molar-refractivity contribution is -0.138. The molecule has 1 N–H and O–H groups in total. The zero-order chi connectivity index (χ0) is 11.0. The summed E-state index contributed by atoms with van der Waals surface area (Å²) in [5.74, 6) is -0.196. The van der Waals surface area contributed by atoms with Crippen molar-refractivity contribution >= 4 is 9.04 Å². The molecule has 1 aliphatic carbocycles. The van der Waals surface area contributed by atoms with Gasteiger partial charge in [0.05, 0.1) is 0 Å². The van der Waals surface area contributed by atoms with E-state index in [-0.39, 0.29) is 0 Å². The molecule has 0 aromatic heterocycles. The van der Waals surface area contributed by atoms with Crippen molar-refractivity contribution in [2.45, 2.75) is 58.9 Å². The molecule has 1 fully saturated rings. The van der Waals surface area contributed by atoms with Crippen molar-refractivity contribution < 1.29 is 9.53 Å². The van der Waals surface area contributed by atoms with Crippen molar-refractivity contribution in [3.63, 3.8) is 0 Å². The number of hydrogen-bond donors (Lipinski definition) is 1. The summed E-state index contributed by atoms with van der Waals surface area (Å²) in [6.45, 7) is 11.0. The molecule has 1 rings (SSSR count). The zero-order valence-electron chi connectivity index (χ0n) is 10.1. The van der Waals surface area contributed by atoms with Crippen molar-refractivity contribution in [1.29, 1.82) is 0 Å². The molecule has 3 heteroatoms. The number of hydrogen-bond acceptors (Lipinski definition) is 2. The molecular formula is C11H24O2Si. The maximum atomic E-state index is 10.2. The first-order chi connectivity index (χ1) is 6.23. The van der Waals surface area contributed by atoms with E-state index in [4.69, 9.17) is 4.43 Å². The van der Waals surface area contributed by atoms with E-state index in [1.54, 1.807) is 0 Å². The predicted molar refractivity (Wildman–Crippen MR) is 61.7 cm³/mol. The Kier molecular flexibility index (Phi) is 3.44. The van der Waals surface area contributed by atoms with E-state index in [9.17, 15) is 5.11 Å². The van der Waals surface area contributed by atoms with Crippen LogP contribution in [0.5, 0.6) is 0 Å². The molecule has 0 amide bonds. The van der Waals surface area contributed by atoms with Crippen LogP contribution in [0.1, 0.15) is 40.0 Å². The summed E-state index contributed by atoms with van der Waals surface area (Å²) in [6, 6.07) is 0. The largest absolute Gasteiger partial charge is 0.394 e. The second-order valence-corrected chi connectivity index (χ2v) is 8.25. The Bertz CT molecular complexity index is 198. The van der Waals surface area contributed by atoms with Crippen molar-refractivity contribution in [3.8, 4) is 0 Å². The molecule has 14 heavy (non-hydrogen) atoms. The molecule has 84 valence electrons.